The number of halogens is 1. The molecule has 2 aromatic rings. The van der Waals surface area contributed by atoms with Crippen LogP contribution in [0.1, 0.15) is 30.6 Å². The molecule has 1 aromatic heterocycles. The van der Waals surface area contributed by atoms with Gasteiger partial charge in [0.15, 0.2) is 11.8 Å². The first-order valence-corrected chi connectivity index (χ1v) is 9.02. The molecule has 8 heteroatoms. The average molecular weight is 487 g/mol. The van der Waals surface area contributed by atoms with E-state index in [0.29, 0.717) is 30.8 Å². The van der Waals surface area contributed by atoms with Gasteiger partial charge in [0.2, 0.25) is 5.89 Å². The highest BCUT2D eigenvalue weighted by Gasteiger charge is 2.06. The van der Waals surface area contributed by atoms with E-state index < -0.39 is 0 Å². The van der Waals surface area contributed by atoms with Crippen LogP contribution in [0.4, 0.5) is 0 Å². The van der Waals surface area contributed by atoms with E-state index in [1.807, 2.05) is 25.1 Å². The van der Waals surface area contributed by atoms with Crippen LogP contribution in [-0.4, -0.2) is 42.8 Å². The number of rotatable bonds is 10. The van der Waals surface area contributed by atoms with Gasteiger partial charge in [0.25, 0.3) is 0 Å². The van der Waals surface area contributed by atoms with Gasteiger partial charge < -0.3 is 19.9 Å². The zero-order chi connectivity index (χ0) is 18.6. The topological polar surface area (TPSA) is 84.6 Å². The highest BCUT2D eigenvalue weighted by Crippen LogP contribution is 2.03. The minimum Gasteiger partial charge on any atom is -0.376 e. The van der Waals surface area contributed by atoms with Crippen molar-refractivity contribution < 1.29 is 9.26 Å². The van der Waals surface area contributed by atoms with E-state index in [1.54, 1.807) is 7.05 Å². The molecule has 0 bridgehead atoms. The van der Waals surface area contributed by atoms with Gasteiger partial charge in [-0.25, -0.2) is 0 Å². The Kier molecular flexibility index (Phi) is 11.7. The van der Waals surface area contributed by atoms with Crippen LogP contribution in [0, 0.1) is 12.8 Å². The lowest BCUT2D eigenvalue weighted by Crippen LogP contribution is -2.40. The number of aryl methyl sites for hydroxylation is 2. The van der Waals surface area contributed by atoms with Crippen molar-refractivity contribution in [1.82, 2.24) is 20.8 Å². The first kappa shape index (κ1) is 23.4. The second kappa shape index (κ2) is 13.5. The predicted molar refractivity (Wildman–Crippen MR) is 117 cm³/mol. The van der Waals surface area contributed by atoms with Crippen molar-refractivity contribution in [2.45, 2.75) is 33.3 Å². The maximum absolute atomic E-state index is 5.77. The Morgan fingerprint density at radius 3 is 2.70 bits per heavy atom. The number of benzene rings is 1. The summed E-state index contributed by atoms with van der Waals surface area (Å²) in [5.74, 6) is 2.53. The molecule has 0 aliphatic rings. The van der Waals surface area contributed by atoms with Crippen molar-refractivity contribution in [2.75, 3.05) is 26.7 Å². The van der Waals surface area contributed by atoms with E-state index in [0.717, 1.165) is 31.9 Å². The van der Waals surface area contributed by atoms with Crippen molar-refractivity contribution in [3.05, 3.63) is 47.6 Å². The zero-order valence-electron chi connectivity index (χ0n) is 16.3. The Balaban J connectivity index is 0.00000364. The molecule has 0 amide bonds. The summed E-state index contributed by atoms with van der Waals surface area (Å²) >= 11 is 0. The van der Waals surface area contributed by atoms with Crippen molar-refractivity contribution in [2.24, 2.45) is 10.9 Å². The Morgan fingerprint density at radius 1 is 1.26 bits per heavy atom. The number of guanidine groups is 1. The SMILES string of the molecule is CN=C(NCCCc1nc(C)no1)NCC(C)COCc1ccccc1.I. The molecule has 0 aliphatic heterocycles. The van der Waals surface area contributed by atoms with Gasteiger partial charge in [0, 0.05) is 26.6 Å². The second-order valence-corrected chi connectivity index (χ2v) is 6.32. The Morgan fingerprint density at radius 2 is 2.04 bits per heavy atom. The number of hydrogen-bond acceptors (Lipinski definition) is 5. The predicted octanol–water partition coefficient (Wildman–Crippen LogP) is 2.95. The number of aromatic nitrogens is 2. The molecule has 0 spiro atoms. The molecule has 2 rings (SSSR count). The summed E-state index contributed by atoms with van der Waals surface area (Å²) in [7, 11) is 1.77. The molecular formula is C19H30IN5O2. The van der Waals surface area contributed by atoms with E-state index in [2.05, 4.69) is 44.8 Å². The highest BCUT2D eigenvalue weighted by atomic mass is 127. The second-order valence-electron chi connectivity index (χ2n) is 6.32. The summed E-state index contributed by atoms with van der Waals surface area (Å²) in [5, 5.41) is 10.4. The molecule has 0 fully saturated rings. The number of aliphatic imine (C=N–C) groups is 1. The van der Waals surface area contributed by atoms with E-state index >= 15 is 0 Å². The zero-order valence-corrected chi connectivity index (χ0v) is 18.6. The Hall–Kier alpha value is -1.68. The minimum absolute atomic E-state index is 0. The van der Waals surface area contributed by atoms with Crippen molar-refractivity contribution in [1.29, 1.82) is 0 Å². The summed E-state index contributed by atoms with van der Waals surface area (Å²) < 4.78 is 10.9. The van der Waals surface area contributed by atoms with E-state index in [9.17, 15) is 0 Å². The lowest BCUT2D eigenvalue weighted by atomic mass is 10.2. The lowest BCUT2D eigenvalue weighted by Gasteiger charge is -2.16. The van der Waals surface area contributed by atoms with Gasteiger partial charge in [0.05, 0.1) is 13.2 Å². The van der Waals surface area contributed by atoms with Crippen LogP contribution in [0.5, 0.6) is 0 Å². The summed E-state index contributed by atoms with van der Waals surface area (Å²) in [6, 6.07) is 10.2. The number of ether oxygens (including phenoxy) is 1. The van der Waals surface area contributed by atoms with Gasteiger partial charge in [-0.15, -0.1) is 24.0 Å². The first-order valence-electron chi connectivity index (χ1n) is 9.02. The molecule has 1 unspecified atom stereocenters. The van der Waals surface area contributed by atoms with E-state index in [-0.39, 0.29) is 24.0 Å². The fraction of sp³-hybridized carbons (Fsp3) is 0.526. The molecule has 1 aromatic carbocycles. The molecule has 7 nitrogen and oxygen atoms in total. The van der Waals surface area contributed by atoms with Gasteiger partial charge in [-0.3, -0.25) is 4.99 Å². The number of nitrogens with one attached hydrogen (secondary N) is 2. The number of nitrogens with zero attached hydrogens (tertiary/aromatic N) is 3. The quantitative estimate of drug-likeness (QED) is 0.232. The molecular weight excluding hydrogens is 457 g/mol. The molecule has 0 saturated heterocycles. The smallest absolute Gasteiger partial charge is 0.226 e. The third-order valence-electron chi connectivity index (χ3n) is 3.78. The molecule has 27 heavy (non-hydrogen) atoms. The van der Waals surface area contributed by atoms with Gasteiger partial charge >= 0.3 is 0 Å². The molecule has 150 valence electrons. The standard InChI is InChI=1S/C19H29N5O2.HI/c1-15(13-25-14-17-8-5-4-6-9-17)12-22-19(20-3)21-11-7-10-18-23-16(2)24-26-18;/h4-6,8-9,15H,7,10-14H2,1-3H3,(H2,20,21,22);1H. The highest BCUT2D eigenvalue weighted by molar-refractivity contribution is 14.0. The maximum atomic E-state index is 5.77. The largest absolute Gasteiger partial charge is 0.376 e. The Bertz CT molecular complexity index is 663. The molecule has 0 saturated carbocycles. The normalized spacial score (nSPS) is 12.3. The fourth-order valence-electron chi connectivity index (χ4n) is 2.39. The van der Waals surface area contributed by atoms with E-state index in [1.165, 1.54) is 5.56 Å². The van der Waals surface area contributed by atoms with Crippen LogP contribution in [0.3, 0.4) is 0 Å². The lowest BCUT2D eigenvalue weighted by molar-refractivity contribution is 0.0931. The van der Waals surface area contributed by atoms with Crippen LogP contribution >= 0.6 is 24.0 Å². The first-order chi connectivity index (χ1) is 12.7. The van der Waals surface area contributed by atoms with Crippen LogP contribution in [0.15, 0.2) is 39.8 Å². The van der Waals surface area contributed by atoms with Crippen molar-refractivity contribution in [3.63, 3.8) is 0 Å². The van der Waals surface area contributed by atoms with E-state index in [4.69, 9.17) is 9.26 Å². The summed E-state index contributed by atoms with van der Waals surface area (Å²) in [5.41, 5.74) is 1.20. The molecule has 0 radical (unpaired) electrons. The summed E-state index contributed by atoms with van der Waals surface area (Å²) in [6.07, 6.45) is 1.66. The fourth-order valence-corrected chi connectivity index (χ4v) is 2.39. The van der Waals surface area contributed by atoms with Crippen molar-refractivity contribution >= 4 is 29.9 Å². The third kappa shape index (κ3) is 9.71. The van der Waals surface area contributed by atoms with Crippen molar-refractivity contribution in [3.8, 4) is 0 Å². The molecule has 2 N–H and O–H groups in total. The van der Waals surface area contributed by atoms with Crippen LogP contribution in [0.2, 0.25) is 0 Å². The van der Waals surface area contributed by atoms with Crippen LogP contribution < -0.4 is 10.6 Å². The minimum atomic E-state index is 0. The molecule has 0 aliphatic carbocycles. The molecule has 1 atom stereocenters. The average Bonchev–Trinajstić information content (AvgIpc) is 3.07. The molecule has 1 heterocycles. The van der Waals surface area contributed by atoms with Gasteiger partial charge in [-0.2, -0.15) is 4.98 Å². The van der Waals surface area contributed by atoms with Gasteiger partial charge in [-0.05, 0) is 24.8 Å². The maximum Gasteiger partial charge on any atom is 0.226 e. The Labute approximate surface area is 178 Å². The van der Waals surface area contributed by atoms with Gasteiger partial charge in [-0.1, -0.05) is 42.4 Å². The van der Waals surface area contributed by atoms with Gasteiger partial charge in [0.1, 0.15) is 0 Å². The monoisotopic (exact) mass is 487 g/mol. The summed E-state index contributed by atoms with van der Waals surface area (Å²) in [4.78, 5) is 8.43. The third-order valence-corrected chi connectivity index (χ3v) is 3.78. The van der Waals surface area contributed by atoms with Crippen LogP contribution in [0.25, 0.3) is 0 Å². The van der Waals surface area contributed by atoms with Crippen LogP contribution in [-0.2, 0) is 17.8 Å². The summed E-state index contributed by atoms with van der Waals surface area (Å²) in [6.45, 7) is 6.92. The number of hydrogen-bond donors (Lipinski definition) is 2.